The van der Waals surface area contributed by atoms with E-state index in [1.54, 1.807) is 4.90 Å². The highest BCUT2D eigenvalue weighted by atomic mass is 35.5. The Hall–Kier alpha value is -1.02. The van der Waals surface area contributed by atoms with Gasteiger partial charge in [-0.05, 0) is 12.1 Å². The van der Waals surface area contributed by atoms with Crippen molar-refractivity contribution in [3.05, 3.63) is 28.8 Å². The quantitative estimate of drug-likeness (QED) is 0.537. The monoisotopic (exact) mass is 165 g/mol. The number of carbonyl (C=O) groups is 1. The molecule has 3 heteroatoms. The van der Waals surface area contributed by atoms with Crippen molar-refractivity contribution in [2.24, 2.45) is 0 Å². The molecule has 0 radical (unpaired) electrons. The molecule has 54 valence electrons. The summed E-state index contributed by atoms with van der Waals surface area (Å²) >= 11 is 5.74. The number of halogens is 1. The molecule has 0 spiro atoms. The highest BCUT2D eigenvalue weighted by molar-refractivity contribution is 6.32. The predicted octanol–water partition coefficient (Wildman–Crippen LogP) is 1.74. The zero-order valence-corrected chi connectivity index (χ0v) is 6.30. The molecule has 1 saturated heterocycles. The summed E-state index contributed by atoms with van der Waals surface area (Å²) in [7, 11) is 0. The van der Waals surface area contributed by atoms with Crippen LogP contribution < -0.4 is 4.90 Å². The van der Waals surface area contributed by atoms with Gasteiger partial charge < -0.3 is 0 Å². The number of hydrogen-bond donors (Lipinski definition) is 0. The lowest BCUT2D eigenvalue weighted by atomic mass is 10.1. The van der Waals surface area contributed by atoms with Crippen LogP contribution in [0.3, 0.4) is 0 Å². The minimum absolute atomic E-state index is 0.0854. The topological polar surface area (TPSA) is 20.1 Å². The van der Waals surface area contributed by atoms with E-state index in [0.717, 1.165) is 11.3 Å². The molecular formula is C8H4ClNO. The SMILES string of the molecule is O=C1C2c3ccc(Cl)cc3N12. The highest BCUT2D eigenvalue weighted by Gasteiger charge is 2.58. The molecule has 0 bridgehead atoms. The molecule has 0 aliphatic carbocycles. The Morgan fingerprint density at radius 1 is 1.45 bits per heavy atom. The van der Waals surface area contributed by atoms with E-state index in [9.17, 15) is 4.79 Å². The standard InChI is InChI=1S/C8H4ClNO/c9-4-1-2-5-6(3-4)10-7(5)8(10)11/h1-3,7H. The average molecular weight is 166 g/mol. The van der Waals surface area contributed by atoms with E-state index in [1.807, 2.05) is 18.2 Å². The number of carbonyl (C=O) groups excluding carboxylic acids is 1. The first-order valence-corrected chi connectivity index (χ1v) is 3.79. The molecule has 2 nitrogen and oxygen atoms in total. The van der Waals surface area contributed by atoms with Gasteiger partial charge in [0.25, 0.3) is 5.91 Å². The molecule has 0 N–H and O–H groups in total. The van der Waals surface area contributed by atoms with E-state index in [4.69, 9.17) is 11.6 Å². The minimum atomic E-state index is 0.0854. The number of anilines is 1. The Bertz CT molecular complexity index is 374. The fraction of sp³-hybridized carbons (Fsp3) is 0.125. The lowest BCUT2D eigenvalue weighted by Crippen LogP contribution is -2.07. The Labute approximate surface area is 68.4 Å². The van der Waals surface area contributed by atoms with Gasteiger partial charge in [0.1, 0.15) is 6.04 Å². The van der Waals surface area contributed by atoms with Crippen LogP contribution in [0.15, 0.2) is 18.2 Å². The third-order valence-electron chi connectivity index (χ3n) is 2.21. The van der Waals surface area contributed by atoms with E-state index in [2.05, 4.69) is 0 Å². The number of rotatable bonds is 0. The van der Waals surface area contributed by atoms with Gasteiger partial charge >= 0.3 is 0 Å². The largest absolute Gasteiger partial charge is 0.293 e. The van der Waals surface area contributed by atoms with Gasteiger partial charge in [-0.15, -0.1) is 0 Å². The van der Waals surface area contributed by atoms with Crippen molar-refractivity contribution in [2.45, 2.75) is 6.04 Å². The van der Waals surface area contributed by atoms with Crippen LogP contribution in [0.2, 0.25) is 5.02 Å². The van der Waals surface area contributed by atoms with Gasteiger partial charge in [-0.3, -0.25) is 9.69 Å². The normalized spacial score (nSPS) is 23.9. The van der Waals surface area contributed by atoms with E-state index >= 15 is 0 Å². The van der Waals surface area contributed by atoms with Crippen LogP contribution in [0, 0.1) is 0 Å². The smallest absolute Gasteiger partial charge is 0.255 e. The second-order valence-electron chi connectivity index (χ2n) is 2.81. The molecular weight excluding hydrogens is 162 g/mol. The zero-order chi connectivity index (χ0) is 7.59. The van der Waals surface area contributed by atoms with Crippen LogP contribution in [0.25, 0.3) is 0 Å². The van der Waals surface area contributed by atoms with Crippen LogP contribution in [0.5, 0.6) is 0 Å². The summed E-state index contributed by atoms with van der Waals surface area (Å²) in [5.74, 6) is 0.210. The van der Waals surface area contributed by atoms with Crippen LogP contribution in [-0.4, -0.2) is 5.91 Å². The van der Waals surface area contributed by atoms with Crippen molar-refractivity contribution in [3.8, 4) is 0 Å². The maximum absolute atomic E-state index is 10.9. The summed E-state index contributed by atoms with van der Waals surface area (Å²) < 4.78 is 0. The molecule has 1 unspecified atom stereocenters. The van der Waals surface area contributed by atoms with Crippen LogP contribution in [0.1, 0.15) is 11.6 Å². The number of amides is 1. The van der Waals surface area contributed by atoms with E-state index in [-0.39, 0.29) is 11.9 Å². The first-order chi connectivity index (χ1) is 5.29. The zero-order valence-electron chi connectivity index (χ0n) is 5.54. The molecule has 2 aliphatic heterocycles. The molecule has 1 fully saturated rings. The van der Waals surface area contributed by atoms with Gasteiger partial charge in [0, 0.05) is 10.6 Å². The third kappa shape index (κ3) is 0.487. The lowest BCUT2D eigenvalue weighted by molar-refractivity contribution is -0.110. The molecule has 2 heterocycles. The van der Waals surface area contributed by atoms with Gasteiger partial charge in [-0.1, -0.05) is 17.7 Å². The lowest BCUT2D eigenvalue weighted by Gasteiger charge is -2.16. The summed E-state index contributed by atoms with van der Waals surface area (Å²) in [6.07, 6.45) is 0. The molecule has 1 atom stereocenters. The number of nitrogens with zero attached hydrogens (tertiary/aromatic N) is 1. The first kappa shape index (κ1) is 5.61. The first-order valence-electron chi connectivity index (χ1n) is 3.41. The predicted molar refractivity (Wildman–Crippen MR) is 41.7 cm³/mol. The summed E-state index contributed by atoms with van der Waals surface area (Å²) in [5, 5.41) is 0.696. The molecule has 3 rings (SSSR count). The van der Waals surface area contributed by atoms with Crippen LogP contribution in [0.4, 0.5) is 5.69 Å². The fourth-order valence-electron chi connectivity index (χ4n) is 1.60. The van der Waals surface area contributed by atoms with Crippen molar-refractivity contribution in [3.63, 3.8) is 0 Å². The van der Waals surface area contributed by atoms with Crippen molar-refractivity contribution in [1.29, 1.82) is 0 Å². The summed E-state index contributed by atoms with van der Waals surface area (Å²) in [6, 6.07) is 5.66. The Morgan fingerprint density at radius 3 is 3.09 bits per heavy atom. The van der Waals surface area contributed by atoms with Gasteiger partial charge in [0.05, 0.1) is 5.69 Å². The van der Waals surface area contributed by atoms with E-state index < -0.39 is 0 Å². The van der Waals surface area contributed by atoms with Crippen molar-refractivity contribution in [1.82, 2.24) is 0 Å². The minimum Gasteiger partial charge on any atom is -0.293 e. The third-order valence-corrected chi connectivity index (χ3v) is 2.44. The number of benzene rings is 1. The van der Waals surface area contributed by atoms with Crippen molar-refractivity contribution in [2.75, 3.05) is 4.90 Å². The summed E-state index contributed by atoms with van der Waals surface area (Å²) in [6.45, 7) is 0. The number of fused-ring (bicyclic) bond motifs is 4. The highest BCUT2D eigenvalue weighted by Crippen LogP contribution is 2.55. The van der Waals surface area contributed by atoms with Gasteiger partial charge in [0.2, 0.25) is 0 Å². The molecule has 0 aromatic heterocycles. The second-order valence-corrected chi connectivity index (χ2v) is 3.25. The molecule has 1 amide bonds. The van der Waals surface area contributed by atoms with Crippen LogP contribution >= 0.6 is 11.6 Å². The summed E-state index contributed by atoms with van der Waals surface area (Å²) in [4.78, 5) is 12.7. The molecule has 1 aromatic carbocycles. The van der Waals surface area contributed by atoms with Gasteiger partial charge in [0.15, 0.2) is 0 Å². The molecule has 1 aromatic rings. The molecule has 2 aliphatic rings. The second kappa shape index (κ2) is 1.43. The van der Waals surface area contributed by atoms with E-state index in [0.29, 0.717) is 5.02 Å². The summed E-state index contributed by atoms with van der Waals surface area (Å²) in [5.41, 5.74) is 2.12. The molecule has 11 heavy (non-hydrogen) atoms. The molecule has 0 saturated carbocycles. The van der Waals surface area contributed by atoms with Crippen LogP contribution in [-0.2, 0) is 4.79 Å². The Morgan fingerprint density at radius 2 is 2.27 bits per heavy atom. The maximum atomic E-state index is 10.9. The Kier molecular flexibility index (Phi) is 0.730. The fourth-order valence-corrected chi connectivity index (χ4v) is 1.76. The number of hydrogen-bond acceptors (Lipinski definition) is 1. The van der Waals surface area contributed by atoms with Crippen molar-refractivity contribution < 1.29 is 4.79 Å². The van der Waals surface area contributed by atoms with Gasteiger partial charge in [-0.2, -0.15) is 0 Å². The Balaban J connectivity index is 2.22. The van der Waals surface area contributed by atoms with Crippen molar-refractivity contribution >= 4 is 23.2 Å². The average Bonchev–Trinajstić information content (AvgIpc) is 2.52. The maximum Gasteiger partial charge on any atom is 0.255 e. The van der Waals surface area contributed by atoms with Gasteiger partial charge in [-0.25, -0.2) is 0 Å². The van der Waals surface area contributed by atoms with E-state index in [1.165, 1.54) is 0 Å².